The Morgan fingerprint density at radius 1 is 1.41 bits per heavy atom. The summed E-state index contributed by atoms with van der Waals surface area (Å²) in [5, 5.41) is 10.5. The maximum atomic E-state index is 4.90. The zero-order valence-corrected chi connectivity index (χ0v) is 13.6. The van der Waals surface area contributed by atoms with Crippen LogP contribution >= 0.6 is 11.3 Å². The molecule has 0 amide bonds. The fourth-order valence-electron chi connectivity index (χ4n) is 3.34. The summed E-state index contributed by atoms with van der Waals surface area (Å²) in [7, 11) is 0. The third-order valence-electron chi connectivity index (χ3n) is 4.44. The van der Waals surface area contributed by atoms with E-state index in [0.29, 0.717) is 5.92 Å². The summed E-state index contributed by atoms with van der Waals surface area (Å²) < 4.78 is 2.09. The van der Waals surface area contributed by atoms with Gasteiger partial charge < -0.3 is 5.32 Å². The molecular weight excluding hydrogens is 292 g/mol. The number of aryl methyl sites for hydroxylation is 1. The second kappa shape index (κ2) is 5.82. The smallest absolute Gasteiger partial charge is 0.164 e. The van der Waals surface area contributed by atoms with Crippen molar-refractivity contribution >= 4 is 17.0 Å². The van der Waals surface area contributed by atoms with Crippen LogP contribution < -0.4 is 5.32 Å². The molecular formula is C17H20N4S. The van der Waals surface area contributed by atoms with Gasteiger partial charge >= 0.3 is 0 Å². The van der Waals surface area contributed by atoms with Crippen molar-refractivity contribution in [1.29, 1.82) is 0 Å². The van der Waals surface area contributed by atoms with E-state index < -0.39 is 0 Å². The SMILES string of the molecule is CCc1nn2c(C3CCCNC3)ccnc2c1-c1cccs1. The van der Waals surface area contributed by atoms with E-state index in [0.717, 1.165) is 30.9 Å². The van der Waals surface area contributed by atoms with Crippen LogP contribution in [0.1, 0.15) is 37.1 Å². The standard InChI is InChI=1S/C17H20N4S/c1-2-13-16(15-6-4-10-22-15)17-19-9-7-14(21(17)20-13)12-5-3-8-18-11-12/h4,6-7,9-10,12,18H,2-3,5,8,11H2,1H3. The van der Waals surface area contributed by atoms with Gasteiger partial charge in [0.2, 0.25) is 0 Å². The van der Waals surface area contributed by atoms with Gasteiger partial charge in [-0.3, -0.25) is 0 Å². The molecule has 0 spiro atoms. The normalized spacial score (nSPS) is 18.9. The summed E-state index contributed by atoms with van der Waals surface area (Å²) in [6.07, 6.45) is 5.33. The van der Waals surface area contributed by atoms with E-state index in [1.807, 2.05) is 6.20 Å². The molecule has 1 atom stereocenters. The number of aromatic nitrogens is 3. The van der Waals surface area contributed by atoms with Crippen LogP contribution in [0.25, 0.3) is 16.1 Å². The second-order valence-corrected chi connectivity index (χ2v) is 6.75. The lowest BCUT2D eigenvalue weighted by atomic mass is 9.96. The molecule has 0 radical (unpaired) electrons. The van der Waals surface area contributed by atoms with Gasteiger partial charge in [-0.15, -0.1) is 11.3 Å². The number of piperidine rings is 1. The summed E-state index contributed by atoms with van der Waals surface area (Å²) in [5.74, 6) is 0.528. The van der Waals surface area contributed by atoms with Gasteiger partial charge in [-0.05, 0) is 43.3 Å². The maximum Gasteiger partial charge on any atom is 0.164 e. The zero-order valence-electron chi connectivity index (χ0n) is 12.7. The first-order valence-corrected chi connectivity index (χ1v) is 8.87. The Hall–Kier alpha value is -1.72. The van der Waals surface area contributed by atoms with Crippen LogP contribution in [0.4, 0.5) is 0 Å². The Morgan fingerprint density at radius 3 is 3.09 bits per heavy atom. The highest BCUT2D eigenvalue weighted by atomic mass is 32.1. The van der Waals surface area contributed by atoms with Crippen molar-refractivity contribution in [1.82, 2.24) is 19.9 Å². The van der Waals surface area contributed by atoms with E-state index in [-0.39, 0.29) is 0 Å². The molecule has 0 aliphatic carbocycles. The van der Waals surface area contributed by atoms with Crippen LogP contribution in [0.2, 0.25) is 0 Å². The van der Waals surface area contributed by atoms with E-state index in [1.54, 1.807) is 11.3 Å². The van der Waals surface area contributed by atoms with Crippen LogP contribution in [-0.4, -0.2) is 27.7 Å². The Balaban J connectivity index is 1.90. The van der Waals surface area contributed by atoms with E-state index in [9.17, 15) is 0 Å². The van der Waals surface area contributed by atoms with Gasteiger partial charge in [-0.25, -0.2) is 9.50 Å². The summed E-state index contributed by atoms with van der Waals surface area (Å²) in [6, 6.07) is 6.39. The van der Waals surface area contributed by atoms with Gasteiger partial charge in [-0.2, -0.15) is 5.10 Å². The Morgan fingerprint density at radius 2 is 2.36 bits per heavy atom. The van der Waals surface area contributed by atoms with Crippen LogP contribution in [0, 0.1) is 0 Å². The van der Waals surface area contributed by atoms with E-state index in [1.165, 1.54) is 29.0 Å². The summed E-state index contributed by atoms with van der Waals surface area (Å²) in [5.41, 5.74) is 4.64. The zero-order chi connectivity index (χ0) is 14.9. The molecule has 114 valence electrons. The fourth-order valence-corrected chi connectivity index (χ4v) is 4.13. The van der Waals surface area contributed by atoms with Gasteiger partial charge in [0.25, 0.3) is 0 Å². The van der Waals surface area contributed by atoms with E-state index in [4.69, 9.17) is 5.10 Å². The van der Waals surface area contributed by atoms with Crippen LogP contribution in [0.3, 0.4) is 0 Å². The predicted octanol–water partition coefficient (Wildman–Crippen LogP) is 3.49. The molecule has 4 rings (SSSR count). The first-order chi connectivity index (χ1) is 10.9. The third kappa shape index (κ3) is 2.25. The average Bonchev–Trinajstić information content (AvgIpc) is 3.21. The predicted molar refractivity (Wildman–Crippen MR) is 90.5 cm³/mol. The molecule has 1 saturated heterocycles. The number of fused-ring (bicyclic) bond motifs is 1. The quantitative estimate of drug-likeness (QED) is 0.805. The monoisotopic (exact) mass is 312 g/mol. The number of rotatable bonds is 3. The van der Waals surface area contributed by atoms with Crippen molar-refractivity contribution in [3.05, 3.63) is 41.2 Å². The minimum atomic E-state index is 0.528. The van der Waals surface area contributed by atoms with Crippen molar-refractivity contribution in [3.8, 4) is 10.4 Å². The van der Waals surface area contributed by atoms with Crippen molar-refractivity contribution in [2.45, 2.75) is 32.1 Å². The molecule has 1 fully saturated rings. The molecule has 22 heavy (non-hydrogen) atoms. The molecule has 3 aromatic rings. The molecule has 4 heterocycles. The van der Waals surface area contributed by atoms with E-state index in [2.05, 4.69) is 45.3 Å². The highest BCUT2D eigenvalue weighted by Gasteiger charge is 2.22. The lowest BCUT2D eigenvalue weighted by Crippen LogP contribution is -2.29. The number of thiophene rings is 1. The third-order valence-corrected chi connectivity index (χ3v) is 5.33. The molecule has 5 heteroatoms. The molecule has 4 nitrogen and oxygen atoms in total. The van der Waals surface area contributed by atoms with Crippen molar-refractivity contribution in [3.63, 3.8) is 0 Å². The number of hydrogen-bond donors (Lipinski definition) is 1. The van der Waals surface area contributed by atoms with Gasteiger partial charge in [0.05, 0.1) is 17.0 Å². The number of nitrogens with one attached hydrogen (secondary N) is 1. The maximum absolute atomic E-state index is 4.90. The second-order valence-electron chi connectivity index (χ2n) is 5.80. The highest BCUT2D eigenvalue weighted by molar-refractivity contribution is 7.13. The van der Waals surface area contributed by atoms with Crippen molar-refractivity contribution in [2.24, 2.45) is 0 Å². The minimum absolute atomic E-state index is 0.528. The molecule has 1 N–H and O–H groups in total. The van der Waals surface area contributed by atoms with Crippen LogP contribution in [-0.2, 0) is 6.42 Å². The van der Waals surface area contributed by atoms with Gasteiger partial charge in [0.1, 0.15) is 0 Å². The topological polar surface area (TPSA) is 42.2 Å². The molecule has 0 bridgehead atoms. The minimum Gasteiger partial charge on any atom is -0.316 e. The van der Waals surface area contributed by atoms with Crippen molar-refractivity contribution < 1.29 is 0 Å². The van der Waals surface area contributed by atoms with Gasteiger partial charge in [-0.1, -0.05) is 13.0 Å². The molecule has 0 saturated carbocycles. The first-order valence-electron chi connectivity index (χ1n) is 7.99. The summed E-state index contributed by atoms with van der Waals surface area (Å²) in [4.78, 5) is 5.91. The molecule has 3 aromatic heterocycles. The number of nitrogens with zero attached hydrogens (tertiary/aromatic N) is 3. The Labute approximate surface area is 134 Å². The largest absolute Gasteiger partial charge is 0.316 e. The van der Waals surface area contributed by atoms with Gasteiger partial charge in [0.15, 0.2) is 5.65 Å². The van der Waals surface area contributed by atoms with Gasteiger partial charge in [0, 0.05) is 23.5 Å². The highest BCUT2D eigenvalue weighted by Crippen LogP contribution is 2.33. The fraction of sp³-hybridized carbons (Fsp3) is 0.412. The Bertz CT molecular complexity index is 769. The average molecular weight is 312 g/mol. The summed E-state index contributed by atoms with van der Waals surface area (Å²) >= 11 is 1.76. The van der Waals surface area contributed by atoms with Crippen molar-refractivity contribution in [2.75, 3.05) is 13.1 Å². The lowest BCUT2D eigenvalue weighted by molar-refractivity contribution is 0.448. The first kappa shape index (κ1) is 13.9. The van der Waals surface area contributed by atoms with Crippen LogP contribution in [0.15, 0.2) is 29.8 Å². The molecule has 1 unspecified atom stereocenters. The molecule has 0 aromatic carbocycles. The van der Waals surface area contributed by atoms with Crippen LogP contribution in [0.5, 0.6) is 0 Å². The van der Waals surface area contributed by atoms with E-state index >= 15 is 0 Å². The lowest BCUT2D eigenvalue weighted by Gasteiger charge is -2.23. The Kier molecular flexibility index (Phi) is 3.68. The summed E-state index contributed by atoms with van der Waals surface area (Å²) in [6.45, 7) is 4.33. The molecule has 1 aliphatic heterocycles. The molecule has 1 aliphatic rings. The number of hydrogen-bond acceptors (Lipinski definition) is 4.